The first-order valence-corrected chi connectivity index (χ1v) is 6.93. The summed E-state index contributed by atoms with van der Waals surface area (Å²) in [5.41, 5.74) is 0.843. The van der Waals surface area contributed by atoms with Crippen molar-refractivity contribution in [1.29, 1.82) is 0 Å². The quantitative estimate of drug-likeness (QED) is 0.928. The van der Waals surface area contributed by atoms with Gasteiger partial charge in [-0.3, -0.25) is 4.79 Å². The van der Waals surface area contributed by atoms with Gasteiger partial charge in [-0.1, -0.05) is 36.4 Å². The molecule has 0 bridgehead atoms. The van der Waals surface area contributed by atoms with E-state index in [0.717, 1.165) is 16.3 Å². The summed E-state index contributed by atoms with van der Waals surface area (Å²) in [4.78, 5) is 13.3. The van der Waals surface area contributed by atoms with Gasteiger partial charge in [0.05, 0.1) is 12.6 Å². The van der Waals surface area contributed by atoms with Gasteiger partial charge in [-0.25, -0.2) is 0 Å². The molecule has 0 aliphatic carbocycles. The van der Waals surface area contributed by atoms with Crippen molar-refractivity contribution in [2.75, 3.05) is 6.54 Å². The standard InChI is InChI=1S/C17H21NO2/c1-12(2)18(13(3)19)11-17(20)16-9-8-14-6-4-5-7-15(14)10-16/h4-10,12,17,20H,11H2,1-3H3/t17-/m1/s1. The van der Waals surface area contributed by atoms with Crippen molar-refractivity contribution in [3.63, 3.8) is 0 Å². The van der Waals surface area contributed by atoms with Gasteiger partial charge in [-0.05, 0) is 36.2 Å². The van der Waals surface area contributed by atoms with Gasteiger partial charge >= 0.3 is 0 Å². The molecule has 3 heteroatoms. The van der Waals surface area contributed by atoms with Crippen LogP contribution in [0.1, 0.15) is 32.4 Å². The van der Waals surface area contributed by atoms with Crippen molar-refractivity contribution in [2.24, 2.45) is 0 Å². The minimum atomic E-state index is -0.661. The number of carbonyl (C=O) groups excluding carboxylic acids is 1. The molecule has 0 fully saturated rings. The Morgan fingerprint density at radius 1 is 1.15 bits per heavy atom. The summed E-state index contributed by atoms with van der Waals surface area (Å²) in [6.07, 6.45) is -0.661. The van der Waals surface area contributed by atoms with Crippen LogP contribution in [-0.4, -0.2) is 28.5 Å². The zero-order valence-corrected chi connectivity index (χ0v) is 12.2. The minimum Gasteiger partial charge on any atom is -0.387 e. The predicted molar refractivity (Wildman–Crippen MR) is 81.4 cm³/mol. The molecule has 2 rings (SSSR count). The summed E-state index contributed by atoms with van der Waals surface area (Å²) in [5.74, 6) is -0.0140. The van der Waals surface area contributed by atoms with Crippen molar-refractivity contribution >= 4 is 16.7 Å². The molecule has 0 saturated carbocycles. The molecule has 106 valence electrons. The lowest BCUT2D eigenvalue weighted by Gasteiger charge is -2.28. The fourth-order valence-corrected chi connectivity index (χ4v) is 2.41. The van der Waals surface area contributed by atoms with Crippen LogP contribution in [0.15, 0.2) is 42.5 Å². The molecule has 20 heavy (non-hydrogen) atoms. The van der Waals surface area contributed by atoms with E-state index >= 15 is 0 Å². The molecule has 0 spiro atoms. The Morgan fingerprint density at radius 2 is 1.80 bits per heavy atom. The van der Waals surface area contributed by atoms with Crippen LogP contribution in [0.4, 0.5) is 0 Å². The summed E-state index contributed by atoms with van der Waals surface area (Å²) in [7, 11) is 0. The number of hydrogen-bond donors (Lipinski definition) is 1. The molecule has 3 nitrogen and oxygen atoms in total. The summed E-state index contributed by atoms with van der Waals surface area (Å²) >= 11 is 0. The monoisotopic (exact) mass is 271 g/mol. The van der Waals surface area contributed by atoms with Crippen LogP contribution in [0.2, 0.25) is 0 Å². The number of nitrogens with zero attached hydrogens (tertiary/aromatic N) is 1. The van der Waals surface area contributed by atoms with Gasteiger partial charge in [0.1, 0.15) is 0 Å². The second-order valence-electron chi connectivity index (χ2n) is 5.39. The first kappa shape index (κ1) is 14.5. The number of rotatable bonds is 4. The minimum absolute atomic E-state index is 0.0140. The first-order chi connectivity index (χ1) is 9.49. The van der Waals surface area contributed by atoms with Crippen molar-refractivity contribution in [3.05, 3.63) is 48.0 Å². The van der Waals surface area contributed by atoms with Crippen molar-refractivity contribution < 1.29 is 9.90 Å². The molecular weight excluding hydrogens is 250 g/mol. The van der Waals surface area contributed by atoms with Gasteiger partial charge in [-0.15, -0.1) is 0 Å². The van der Waals surface area contributed by atoms with Crippen molar-refractivity contribution in [2.45, 2.75) is 32.9 Å². The van der Waals surface area contributed by atoms with Gasteiger partial charge < -0.3 is 10.0 Å². The van der Waals surface area contributed by atoms with Crippen LogP contribution in [0.5, 0.6) is 0 Å². The highest BCUT2D eigenvalue weighted by atomic mass is 16.3. The fourth-order valence-electron chi connectivity index (χ4n) is 2.41. The number of fused-ring (bicyclic) bond motifs is 1. The highest BCUT2D eigenvalue weighted by Gasteiger charge is 2.18. The second-order valence-corrected chi connectivity index (χ2v) is 5.39. The van der Waals surface area contributed by atoms with Gasteiger partial charge in [-0.2, -0.15) is 0 Å². The van der Waals surface area contributed by atoms with E-state index in [-0.39, 0.29) is 11.9 Å². The van der Waals surface area contributed by atoms with E-state index in [0.29, 0.717) is 6.54 Å². The summed E-state index contributed by atoms with van der Waals surface area (Å²) < 4.78 is 0. The highest BCUT2D eigenvalue weighted by Crippen LogP contribution is 2.21. The van der Waals surface area contributed by atoms with Crippen LogP contribution < -0.4 is 0 Å². The van der Waals surface area contributed by atoms with Gasteiger partial charge in [0.25, 0.3) is 0 Å². The van der Waals surface area contributed by atoms with Gasteiger partial charge in [0.15, 0.2) is 0 Å². The molecule has 0 aliphatic heterocycles. The van der Waals surface area contributed by atoms with Crippen LogP contribution >= 0.6 is 0 Å². The predicted octanol–water partition coefficient (Wildman–Crippen LogP) is 3.13. The van der Waals surface area contributed by atoms with Crippen LogP contribution in [0.3, 0.4) is 0 Å². The Labute approximate surface area is 119 Å². The van der Waals surface area contributed by atoms with Crippen LogP contribution in [-0.2, 0) is 4.79 Å². The molecule has 2 aromatic rings. The van der Waals surface area contributed by atoms with Crippen LogP contribution in [0.25, 0.3) is 10.8 Å². The molecular formula is C17H21NO2. The lowest BCUT2D eigenvalue weighted by atomic mass is 10.0. The molecule has 0 saturated heterocycles. The van der Waals surface area contributed by atoms with Gasteiger partial charge in [0.2, 0.25) is 5.91 Å². The van der Waals surface area contributed by atoms with E-state index in [1.165, 1.54) is 6.92 Å². The van der Waals surface area contributed by atoms with E-state index in [9.17, 15) is 9.90 Å². The maximum absolute atomic E-state index is 11.6. The summed E-state index contributed by atoms with van der Waals surface area (Å²) in [6, 6.07) is 14.0. The third kappa shape index (κ3) is 3.17. The number of amides is 1. The van der Waals surface area contributed by atoms with E-state index in [1.807, 2.05) is 56.3 Å². The second kappa shape index (κ2) is 6.06. The Morgan fingerprint density at radius 3 is 2.40 bits per heavy atom. The molecule has 0 radical (unpaired) electrons. The maximum Gasteiger partial charge on any atom is 0.219 e. The third-order valence-corrected chi connectivity index (χ3v) is 3.56. The fraction of sp³-hybridized carbons (Fsp3) is 0.353. The maximum atomic E-state index is 11.6. The first-order valence-electron chi connectivity index (χ1n) is 6.93. The Hall–Kier alpha value is -1.87. The number of aliphatic hydroxyl groups is 1. The number of benzene rings is 2. The molecule has 0 aliphatic rings. The van der Waals surface area contributed by atoms with E-state index in [1.54, 1.807) is 4.90 Å². The van der Waals surface area contributed by atoms with Crippen LogP contribution in [0, 0.1) is 0 Å². The Bertz CT molecular complexity index is 607. The Balaban J connectivity index is 2.22. The Kier molecular flexibility index (Phi) is 4.40. The van der Waals surface area contributed by atoms with Crippen molar-refractivity contribution in [1.82, 2.24) is 4.90 Å². The van der Waals surface area contributed by atoms with Crippen molar-refractivity contribution in [3.8, 4) is 0 Å². The number of carbonyl (C=O) groups is 1. The average molecular weight is 271 g/mol. The van der Waals surface area contributed by atoms with E-state index in [4.69, 9.17) is 0 Å². The molecule has 0 aromatic heterocycles. The largest absolute Gasteiger partial charge is 0.387 e. The molecule has 1 N–H and O–H groups in total. The summed E-state index contributed by atoms with van der Waals surface area (Å²) in [6.45, 7) is 5.77. The zero-order valence-electron chi connectivity index (χ0n) is 12.2. The summed E-state index contributed by atoms with van der Waals surface area (Å²) in [5, 5.41) is 12.6. The number of hydrogen-bond acceptors (Lipinski definition) is 2. The van der Waals surface area contributed by atoms with E-state index in [2.05, 4.69) is 0 Å². The molecule has 1 amide bonds. The van der Waals surface area contributed by atoms with Gasteiger partial charge in [0, 0.05) is 13.0 Å². The lowest BCUT2D eigenvalue weighted by molar-refractivity contribution is -0.132. The normalized spacial score (nSPS) is 12.7. The third-order valence-electron chi connectivity index (χ3n) is 3.56. The average Bonchev–Trinajstić information content (AvgIpc) is 2.43. The molecule has 0 unspecified atom stereocenters. The molecule has 0 heterocycles. The zero-order chi connectivity index (χ0) is 14.7. The van der Waals surface area contributed by atoms with E-state index < -0.39 is 6.10 Å². The molecule has 2 aromatic carbocycles. The lowest BCUT2D eigenvalue weighted by Crippen LogP contribution is -2.38. The molecule has 1 atom stereocenters. The number of aliphatic hydroxyl groups excluding tert-OH is 1. The SMILES string of the molecule is CC(=O)N(C[C@@H](O)c1ccc2ccccc2c1)C(C)C. The topological polar surface area (TPSA) is 40.5 Å². The smallest absolute Gasteiger partial charge is 0.219 e. The highest BCUT2D eigenvalue weighted by molar-refractivity contribution is 5.83.